The highest BCUT2D eigenvalue weighted by Gasteiger charge is 2.30. The van der Waals surface area contributed by atoms with Crippen molar-refractivity contribution in [2.75, 3.05) is 33.3 Å². The Balaban J connectivity index is 1.96. The maximum atomic E-state index is 8.70. The van der Waals surface area contributed by atoms with Crippen molar-refractivity contribution in [1.29, 1.82) is 0 Å². The van der Waals surface area contributed by atoms with Crippen molar-refractivity contribution < 1.29 is 5.11 Å². The van der Waals surface area contributed by atoms with Crippen molar-refractivity contribution in [2.24, 2.45) is 0 Å². The first-order valence-corrected chi connectivity index (χ1v) is 7.45. The van der Waals surface area contributed by atoms with Crippen molar-refractivity contribution in [3.8, 4) is 11.8 Å². The van der Waals surface area contributed by atoms with Crippen molar-refractivity contribution in [2.45, 2.75) is 25.9 Å². The Morgan fingerprint density at radius 3 is 2.84 bits per heavy atom. The van der Waals surface area contributed by atoms with Crippen LogP contribution >= 0.6 is 11.3 Å². The van der Waals surface area contributed by atoms with E-state index in [1.54, 1.807) is 11.3 Å². The van der Waals surface area contributed by atoms with Crippen LogP contribution in [0.5, 0.6) is 0 Å². The first kappa shape index (κ1) is 14.5. The minimum atomic E-state index is -0.0696. The fourth-order valence-electron chi connectivity index (χ4n) is 2.35. The van der Waals surface area contributed by atoms with Crippen LogP contribution in [0.25, 0.3) is 0 Å². The number of aliphatic hydroxyl groups is 1. The number of likely N-dealkylation sites (N-methyl/N-ethyl adjacent to an activating group) is 1. The number of hydrogen-bond acceptors (Lipinski definition) is 4. The summed E-state index contributed by atoms with van der Waals surface area (Å²) in [5, 5.41) is 8.70. The van der Waals surface area contributed by atoms with Gasteiger partial charge in [-0.1, -0.05) is 11.8 Å². The number of hydrogen-bond donors (Lipinski definition) is 1. The molecule has 2 rings (SSSR count). The first-order chi connectivity index (χ1) is 9.01. The van der Waals surface area contributed by atoms with Gasteiger partial charge in [-0.15, -0.1) is 11.3 Å². The summed E-state index contributed by atoms with van der Waals surface area (Å²) in [6, 6.07) is 4.20. The van der Waals surface area contributed by atoms with Crippen molar-refractivity contribution in [3.05, 3.63) is 21.9 Å². The van der Waals surface area contributed by atoms with Gasteiger partial charge in [0.05, 0.1) is 4.88 Å². The third kappa shape index (κ3) is 3.80. The van der Waals surface area contributed by atoms with Crippen LogP contribution < -0.4 is 0 Å². The standard InChI is InChI=1S/C15H22N2OS/c1-15(2)12-17(9-8-16(15)3)11-14-7-6-13(19-14)5-4-10-18/h6-7,18H,8-12H2,1-3H3. The van der Waals surface area contributed by atoms with Crippen LogP contribution in [0.4, 0.5) is 0 Å². The van der Waals surface area contributed by atoms with Gasteiger partial charge in [0.2, 0.25) is 0 Å². The zero-order valence-electron chi connectivity index (χ0n) is 11.9. The highest BCUT2D eigenvalue weighted by Crippen LogP contribution is 2.23. The Kier molecular flexibility index (Phi) is 4.64. The number of thiophene rings is 1. The molecule has 104 valence electrons. The van der Waals surface area contributed by atoms with Crippen LogP contribution in [0.2, 0.25) is 0 Å². The molecule has 0 atom stereocenters. The summed E-state index contributed by atoms with van der Waals surface area (Å²) in [4.78, 5) is 7.32. The monoisotopic (exact) mass is 278 g/mol. The summed E-state index contributed by atoms with van der Waals surface area (Å²) >= 11 is 1.73. The lowest BCUT2D eigenvalue weighted by molar-refractivity contribution is 0.0365. The largest absolute Gasteiger partial charge is 0.384 e. The molecule has 4 heteroatoms. The summed E-state index contributed by atoms with van der Waals surface area (Å²) in [6.07, 6.45) is 0. The molecule has 0 amide bonds. The normalized spacial score (nSPS) is 20.0. The van der Waals surface area contributed by atoms with Crippen LogP contribution in [-0.2, 0) is 6.54 Å². The fourth-order valence-corrected chi connectivity index (χ4v) is 3.28. The highest BCUT2D eigenvalue weighted by molar-refractivity contribution is 7.12. The molecule has 3 nitrogen and oxygen atoms in total. The second kappa shape index (κ2) is 6.06. The molecule has 1 saturated heterocycles. The van der Waals surface area contributed by atoms with Crippen molar-refractivity contribution >= 4 is 11.3 Å². The van der Waals surface area contributed by atoms with E-state index >= 15 is 0 Å². The summed E-state index contributed by atoms with van der Waals surface area (Å²) in [7, 11) is 2.20. The number of rotatable bonds is 2. The number of nitrogens with zero attached hydrogens (tertiary/aromatic N) is 2. The summed E-state index contributed by atoms with van der Waals surface area (Å²) < 4.78 is 0. The lowest BCUT2D eigenvalue weighted by Crippen LogP contribution is -2.57. The van der Waals surface area contributed by atoms with Gasteiger partial charge in [-0.3, -0.25) is 9.80 Å². The molecule has 0 unspecified atom stereocenters. The molecule has 1 aromatic rings. The Hall–Kier alpha value is -0.860. The average molecular weight is 278 g/mol. The molecule has 19 heavy (non-hydrogen) atoms. The maximum absolute atomic E-state index is 8.70. The molecule has 0 bridgehead atoms. The lowest BCUT2D eigenvalue weighted by Gasteiger charge is -2.45. The van der Waals surface area contributed by atoms with Gasteiger partial charge < -0.3 is 5.11 Å². The molecule has 0 aromatic carbocycles. The number of piperazine rings is 1. The van der Waals surface area contributed by atoms with E-state index in [4.69, 9.17) is 5.11 Å². The maximum Gasteiger partial charge on any atom is 0.104 e. The van der Waals surface area contributed by atoms with E-state index in [0.29, 0.717) is 0 Å². The van der Waals surface area contributed by atoms with E-state index in [2.05, 4.69) is 48.6 Å². The molecular formula is C15H22N2OS. The minimum absolute atomic E-state index is 0.0696. The van der Waals surface area contributed by atoms with Gasteiger partial charge in [0, 0.05) is 36.6 Å². The Morgan fingerprint density at radius 1 is 1.37 bits per heavy atom. The van der Waals surface area contributed by atoms with Gasteiger partial charge in [0.1, 0.15) is 6.61 Å². The molecule has 1 N–H and O–H groups in total. The predicted octanol–water partition coefficient (Wildman–Crippen LogP) is 1.62. The second-order valence-electron chi connectivity index (χ2n) is 5.67. The molecule has 0 radical (unpaired) electrons. The van der Waals surface area contributed by atoms with Crippen molar-refractivity contribution in [1.82, 2.24) is 9.80 Å². The van der Waals surface area contributed by atoms with Gasteiger partial charge in [-0.05, 0) is 33.0 Å². The topological polar surface area (TPSA) is 26.7 Å². The van der Waals surface area contributed by atoms with Gasteiger partial charge >= 0.3 is 0 Å². The van der Waals surface area contributed by atoms with Crippen LogP contribution in [0, 0.1) is 11.8 Å². The summed E-state index contributed by atoms with van der Waals surface area (Å²) in [5.74, 6) is 5.66. The molecule has 2 heterocycles. The quantitative estimate of drug-likeness (QED) is 0.833. The van der Waals surface area contributed by atoms with E-state index in [1.807, 2.05) is 6.07 Å². The Labute approximate surface area is 119 Å². The first-order valence-electron chi connectivity index (χ1n) is 6.63. The average Bonchev–Trinajstić information content (AvgIpc) is 2.78. The van der Waals surface area contributed by atoms with E-state index in [-0.39, 0.29) is 12.1 Å². The van der Waals surface area contributed by atoms with Crippen LogP contribution in [-0.4, -0.2) is 53.7 Å². The minimum Gasteiger partial charge on any atom is -0.384 e. The fraction of sp³-hybridized carbons (Fsp3) is 0.600. The second-order valence-corrected chi connectivity index (χ2v) is 6.84. The van der Waals surface area contributed by atoms with Gasteiger partial charge in [-0.2, -0.15) is 0 Å². The molecular weight excluding hydrogens is 256 g/mol. The molecule has 0 spiro atoms. The van der Waals surface area contributed by atoms with Gasteiger partial charge in [0.15, 0.2) is 0 Å². The summed E-state index contributed by atoms with van der Waals surface area (Å²) in [6.45, 7) is 8.87. The SMILES string of the molecule is CN1CCN(Cc2ccc(C#CCO)s2)CC1(C)C. The van der Waals surface area contributed by atoms with E-state index in [9.17, 15) is 0 Å². The molecule has 0 aliphatic carbocycles. The van der Waals surface area contributed by atoms with E-state index < -0.39 is 0 Å². The third-order valence-electron chi connectivity index (χ3n) is 3.73. The van der Waals surface area contributed by atoms with E-state index in [0.717, 1.165) is 31.1 Å². The smallest absolute Gasteiger partial charge is 0.104 e. The molecule has 0 saturated carbocycles. The van der Waals surface area contributed by atoms with Crippen LogP contribution in [0.15, 0.2) is 12.1 Å². The predicted molar refractivity (Wildman–Crippen MR) is 80.3 cm³/mol. The lowest BCUT2D eigenvalue weighted by atomic mass is 10.00. The van der Waals surface area contributed by atoms with Crippen LogP contribution in [0.3, 0.4) is 0 Å². The van der Waals surface area contributed by atoms with E-state index in [1.165, 1.54) is 4.88 Å². The molecule has 1 fully saturated rings. The Morgan fingerprint density at radius 2 is 2.16 bits per heavy atom. The zero-order chi connectivity index (χ0) is 13.9. The highest BCUT2D eigenvalue weighted by atomic mass is 32.1. The Bertz CT molecular complexity index is 484. The number of aliphatic hydroxyl groups excluding tert-OH is 1. The van der Waals surface area contributed by atoms with Crippen LogP contribution in [0.1, 0.15) is 23.6 Å². The summed E-state index contributed by atoms with van der Waals surface area (Å²) in [5.41, 5.74) is 0.245. The molecule has 1 aromatic heterocycles. The zero-order valence-corrected chi connectivity index (χ0v) is 12.8. The molecule has 1 aliphatic heterocycles. The third-order valence-corrected chi connectivity index (χ3v) is 4.71. The van der Waals surface area contributed by atoms with Gasteiger partial charge in [-0.25, -0.2) is 0 Å². The van der Waals surface area contributed by atoms with Gasteiger partial charge in [0.25, 0.3) is 0 Å². The van der Waals surface area contributed by atoms with Crippen molar-refractivity contribution in [3.63, 3.8) is 0 Å². The molecule has 1 aliphatic rings.